The fourth-order valence-corrected chi connectivity index (χ4v) is 4.62. The molecular formula is C22H28ClN5O3. The number of aromatic nitrogens is 2. The first kappa shape index (κ1) is 21.6. The van der Waals surface area contributed by atoms with Crippen LogP contribution < -0.4 is 5.32 Å². The van der Waals surface area contributed by atoms with Crippen LogP contribution in [0.5, 0.6) is 0 Å². The quantitative estimate of drug-likeness (QED) is 0.782. The lowest BCUT2D eigenvalue weighted by Crippen LogP contribution is -2.55. The van der Waals surface area contributed by atoms with E-state index in [-0.39, 0.29) is 11.9 Å². The van der Waals surface area contributed by atoms with Crippen molar-refractivity contribution in [1.82, 2.24) is 19.4 Å². The van der Waals surface area contributed by atoms with Crippen molar-refractivity contribution >= 4 is 29.2 Å². The fourth-order valence-electron chi connectivity index (χ4n) is 4.43. The summed E-state index contributed by atoms with van der Waals surface area (Å²) in [5.41, 5.74) is -0.0834. The topological polar surface area (TPSA) is 79.7 Å². The zero-order chi connectivity index (χ0) is 22.0. The minimum Gasteiger partial charge on any atom is -0.352 e. The molecule has 0 unspecified atom stereocenters. The third kappa shape index (κ3) is 4.14. The van der Waals surface area contributed by atoms with Crippen LogP contribution in [-0.2, 0) is 21.7 Å². The molecule has 0 saturated carbocycles. The average Bonchev–Trinajstić information content (AvgIpc) is 3.26. The van der Waals surface area contributed by atoms with Gasteiger partial charge in [0.1, 0.15) is 11.4 Å². The van der Waals surface area contributed by atoms with Crippen LogP contribution in [0.15, 0.2) is 36.7 Å². The minimum atomic E-state index is -0.670. The van der Waals surface area contributed by atoms with Gasteiger partial charge in [0.15, 0.2) is 6.10 Å². The molecule has 2 aliphatic rings. The van der Waals surface area contributed by atoms with Gasteiger partial charge < -0.3 is 24.4 Å². The first-order valence-electron chi connectivity index (χ1n) is 10.8. The molecule has 2 aliphatic heterocycles. The number of rotatable bonds is 4. The molecule has 0 bridgehead atoms. The third-order valence-corrected chi connectivity index (χ3v) is 6.51. The summed E-state index contributed by atoms with van der Waals surface area (Å²) < 4.78 is 8.48. The van der Waals surface area contributed by atoms with Gasteiger partial charge in [-0.05, 0) is 26.0 Å². The van der Waals surface area contributed by atoms with Crippen LogP contribution >= 0.6 is 11.6 Å². The van der Waals surface area contributed by atoms with Gasteiger partial charge in [0, 0.05) is 51.4 Å². The van der Waals surface area contributed by atoms with Crippen molar-refractivity contribution in [3.05, 3.63) is 47.5 Å². The van der Waals surface area contributed by atoms with Crippen molar-refractivity contribution < 1.29 is 14.3 Å². The van der Waals surface area contributed by atoms with E-state index in [4.69, 9.17) is 16.3 Å². The van der Waals surface area contributed by atoms with Gasteiger partial charge in [-0.25, -0.2) is 9.78 Å². The Bertz CT molecular complexity index is 950. The van der Waals surface area contributed by atoms with Gasteiger partial charge in [0.2, 0.25) is 0 Å². The van der Waals surface area contributed by atoms with E-state index in [2.05, 4.69) is 10.3 Å². The maximum absolute atomic E-state index is 13.0. The van der Waals surface area contributed by atoms with E-state index in [1.54, 1.807) is 28.1 Å². The Morgan fingerprint density at radius 3 is 2.65 bits per heavy atom. The number of urea groups is 1. The monoisotopic (exact) mass is 445 g/mol. The molecule has 0 aliphatic carbocycles. The highest BCUT2D eigenvalue weighted by Crippen LogP contribution is 2.40. The van der Waals surface area contributed by atoms with Crippen molar-refractivity contribution in [3.8, 4) is 0 Å². The van der Waals surface area contributed by atoms with Crippen molar-refractivity contribution in [2.75, 3.05) is 31.5 Å². The molecule has 1 fully saturated rings. The molecule has 1 aromatic carbocycles. The first-order valence-corrected chi connectivity index (χ1v) is 11.1. The fraction of sp³-hybridized carbons (Fsp3) is 0.500. The summed E-state index contributed by atoms with van der Waals surface area (Å²) in [6, 6.07) is 6.97. The lowest BCUT2D eigenvalue weighted by atomic mass is 9.88. The molecule has 4 rings (SSSR count). The van der Waals surface area contributed by atoms with Crippen LogP contribution in [0.3, 0.4) is 0 Å². The number of para-hydroxylation sites is 1. The van der Waals surface area contributed by atoms with E-state index in [9.17, 15) is 9.59 Å². The van der Waals surface area contributed by atoms with Gasteiger partial charge in [0.05, 0.1) is 17.3 Å². The van der Waals surface area contributed by atoms with E-state index < -0.39 is 11.7 Å². The van der Waals surface area contributed by atoms with Crippen LogP contribution in [0, 0.1) is 0 Å². The molecule has 1 spiro atoms. The number of fused-ring (bicyclic) bond motifs is 2. The standard InChI is InChI=1S/C22H28ClN5O3/c1-3-26(4-2)19(29)18-15-28-14-11-24-20(28)22(31-18)9-12-27(13-10-22)21(30)25-17-8-6-5-7-16(17)23/h5-8,11,14,18H,3-4,9-10,12-13,15H2,1-2H3,(H,25,30)/t18-/m0/s1. The average molecular weight is 446 g/mol. The van der Waals surface area contributed by atoms with Crippen molar-refractivity contribution in [2.24, 2.45) is 0 Å². The van der Waals surface area contributed by atoms with Gasteiger partial charge in [-0.1, -0.05) is 23.7 Å². The SMILES string of the molecule is CCN(CC)C(=O)[C@@H]1Cn2ccnc2C2(CCN(C(=O)Nc3ccccc3Cl)CC2)O1. The molecule has 166 valence electrons. The predicted molar refractivity (Wildman–Crippen MR) is 118 cm³/mol. The number of imidazole rings is 1. The number of amides is 3. The Hall–Kier alpha value is -2.58. The number of nitrogens with one attached hydrogen (secondary N) is 1. The molecule has 1 atom stereocenters. The van der Waals surface area contributed by atoms with E-state index >= 15 is 0 Å². The number of nitrogens with zero attached hydrogens (tertiary/aromatic N) is 4. The largest absolute Gasteiger partial charge is 0.352 e. The van der Waals surface area contributed by atoms with Gasteiger partial charge in [-0.15, -0.1) is 0 Å². The molecule has 9 heteroatoms. The van der Waals surface area contributed by atoms with Crippen LogP contribution in [0.2, 0.25) is 5.02 Å². The number of halogens is 1. The van der Waals surface area contributed by atoms with E-state index in [1.807, 2.05) is 36.7 Å². The molecule has 31 heavy (non-hydrogen) atoms. The Labute approximate surface area is 187 Å². The molecule has 1 aromatic heterocycles. The van der Waals surface area contributed by atoms with E-state index in [0.717, 1.165) is 5.82 Å². The van der Waals surface area contributed by atoms with Gasteiger partial charge >= 0.3 is 6.03 Å². The summed E-state index contributed by atoms with van der Waals surface area (Å²) >= 11 is 6.16. The lowest BCUT2D eigenvalue weighted by Gasteiger charge is -2.46. The van der Waals surface area contributed by atoms with Crippen molar-refractivity contribution in [3.63, 3.8) is 0 Å². The number of hydrogen-bond acceptors (Lipinski definition) is 4. The molecular weight excluding hydrogens is 418 g/mol. The van der Waals surface area contributed by atoms with Gasteiger partial charge in [-0.3, -0.25) is 4.79 Å². The molecule has 3 amide bonds. The zero-order valence-corrected chi connectivity index (χ0v) is 18.6. The number of carbonyl (C=O) groups is 2. The summed E-state index contributed by atoms with van der Waals surface area (Å²) in [5, 5.41) is 3.37. The number of likely N-dealkylation sites (N-methyl/N-ethyl adjacent to an activating group) is 1. The Kier molecular flexibility index (Phi) is 6.20. The van der Waals surface area contributed by atoms with E-state index in [0.29, 0.717) is 56.3 Å². The number of likely N-dealkylation sites (tertiary alicyclic amines) is 1. The second kappa shape index (κ2) is 8.88. The second-order valence-corrected chi connectivity index (χ2v) is 8.32. The lowest BCUT2D eigenvalue weighted by molar-refractivity contribution is -0.179. The van der Waals surface area contributed by atoms with Crippen LogP contribution in [-0.4, -0.2) is 63.6 Å². The molecule has 2 aromatic rings. The summed E-state index contributed by atoms with van der Waals surface area (Å²) in [6.07, 6.45) is 4.24. The first-order chi connectivity index (χ1) is 15.0. The van der Waals surface area contributed by atoms with E-state index in [1.165, 1.54) is 0 Å². The number of hydrogen-bond donors (Lipinski definition) is 1. The molecule has 0 radical (unpaired) electrons. The number of anilines is 1. The normalized spacial score (nSPS) is 19.7. The van der Waals surface area contributed by atoms with Crippen LogP contribution in [0.4, 0.5) is 10.5 Å². The van der Waals surface area contributed by atoms with Gasteiger partial charge in [0.25, 0.3) is 5.91 Å². The Morgan fingerprint density at radius 1 is 1.26 bits per heavy atom. The zero-order valence-electron chi connectivity index (χ0n) is 17.9. The number of piperidine rings is 1. The molecule has 8 nitrogen and oxygen atoms in total. The minimum absolute atomic E-state index is 0.00242. The summed E-state index contributed by atoms with van der Waals surface area (Å²) in [4.78, 5) is 33.9. The maximum Gasteiger partial charge on any atom is 0.321 e. The van der Waals surface area contributed by atoms with Gasteiger partial charge in [-0.2, -0.15) is 0 Å². The highest BCUT2D eigenvalue weighted by molar-refractivity contribution is 6.33. The third-order valence-electron chi connectivity index (χ3n) is 6.18. The number of ether oxygens (including phenoxy) is 1. The highest BCUT2D eigenvalue weighted by Gasteiger charge is 2.48. The number of benzene rings is 1. The van der Waals surface area contributed by atoms with Crippen molar-refractivity contribution in [2.45, 2.75) is 44.9 Å². The van der Waals surface area contributed by atoms with Crippen LogP contribution in [0.25, 0.3) is 0 Å². The summed E-state index contributed by atoms with van der Waals surface area (Å²) in [7, 11) is 0. The summed E-state index contributed by atoms with van der Waals surface area (Å²) in [5.74, 6) is 0.838. The predicted octanol–water partition coefficient (Wildman–Crippen LogP) is 3.33. The summed E-state index contributed by atoms with van der Waals surface area (Å²) in [6.45, 7) is 6.69. The molecule has 3 heterocycles. The highest BCUT2D eigenvalue weighted by atomic mass is 35.5. The Balaban J connectivity index is 1.48. The van der Waals surface area contributed by atoms with Crippen molar-refractivity contribution in [1.29, 1.82) is 0 Å². The smallest absolute Gasteiger partial charge is 0.321 e. The Morgan fingerprint density at radius 2 is 1.97 bits per heavy atom. The second-order valence-electron chi connectivity index (χ2n) is 7.91. The maximum atomic E-state index is 13.0. The van der Waals surface area contributed by atoms with Crippen LogP contribution in [0.1, 0.15) is 32.5 Å². The molecule has 1 N–H and O–H groups in total. The molecule has 1 saturated heterocycles. The number of carbonyl (C=O) groups excluding carboxylic acids is 2.